The minimum absolute atomic E-state index is 0.133. The van der Waals surface area contributed by atoms with Crippen molar-refractivity contribution in [2.75, 3.05) is 0 Å². The van der Waals surface area contributed by atoms with Gasteiger partial charge in [-0.15, -0.1) is 0 Å². The van der Waals surface area contributed by atoms with E-state index in [1.807, 2.05) is 12.1 Å². The second-order valence-corrected chi connectivity index (χ2v) is 7.56. The van der Waals surface area contributed by atoms with Crippen LogP contribution < -0.4 is 10.2 Å². The van der Waals surface area contributed by atoms with Gasteiger partial charge in [0.15, 0.2) is 5.43 Å². The Morgan fingerprint density at radius 2 is 1.66 bits per heavy atom. The first kappa shape index (κ1) is 19.9. The summed E-state index contributed by atoms with van der Waals surface area (Å²) in [6.07, 6.45) is 2.95. The summed E-state index contributed by atoms with van der Waals surface area (Å²) in [4.78, 5) is 17.3. The third-order valence-corrected chi connectivity index (χ3v) is 5.21. The summed E-state index contributed by atoms with van der Waals surface area (Å²) >= 11 is 5.91. The first-order valence-corrected chi connectivity index (χ1v) is 10.1. The highest BCUT2D eigenvalue weighted by atomic mass is 35.5. The molecule has 0 aliphatic heterocycles. The van der Waals surface area contributed by atoms with Crippen molar-refractivity contribution in [1.29, 1.82) is 0 Å². The molecule has 0 fully saturated rings. The van der Waals surface area contributed by atoms with Gasteiger partial charge >= 0.3 is 0 Å². The second kappa shape index (κ2) is 8.24. The standard InChI is InChI=1S/C25H16ClNO5/c26-17-5-1-16(2-6-17)25-27-18(13-32-25)12-30-20-9-10-21-23(11-20)31-14-22(24(21)29)15-3-7-19(28)8-4-15/h1-11,13-14,28H,12H2. The molecule has 3 aromatic carbocycles. The predicted octanol–water partition coefficient (Wildman–Crippen LogP) is 6.05. The van der Waals surface area contributed by atoms with Crippen molar-refractivity contribution in [3.8, 4) is 34.1 Å². The van der Waals surface area contributed by atoms with E-state index in [2.05, 4.69) is 4.98 Å². The lowest BCUT2D eigenvalue weighted by atomic mass is 10.1. The van der Waals surface area contributed by atoms with Gasteiger partial charge in [0.1, 0.15) is 41.9 Å². The molecule has 5 rings (SSSR count). The van der Waals surface area contributed by atoms with Crippen molar-refractivity contribution in [2.45, 2.75) is 6.61 Å². The molecular weight excluding hydrogens is 430 g/mol. The lowest BCUT2D eigenvalue weighted by molar-refractivity contribution is 0.301. The monoisotopic (exact) mass is 445 g/mol. The van der Waals surface area contributed by atoms with Crippen LogP contribution >= 0.6 is 11.6 Å². The van der Waals surface area contributed by atoms with Crippen LogP contribution in [-0.2, 0) is 6.61 Å². The molecule has 0 spiro atoms. The van der Waals surface area contributed by atoms with Gasteiger partial charge in [-0.05, 0) is 54.1 Å². The topological polar surface area (TPSA) is 85.7 Å². The highest BCUT2D eigenvalue weighted by molar-refractivity contribution is 6.30. The molecule has 0 aliphatic carbocycles. The number of rotatable bonds is 5. The number of aromatic nitrogens is 1. The molecule has 5 aromatic rings. The second-order valence-electron chi connectivity index (χ2n) is 7.12. The van der Waals surface area contributed by atoms with Crippen LogP contribution in [0.1, 0.15) is 5.69 Å². The average molecular weight is 446 g/mol. The van der Waals surface area contributed by atoms with Crippen LogP contribution in [0.15, 0.2) is 92.9 Å². The number of oxazole rings is 1. The quantitative estimate of drug-likeness (QED) is 0.354. The molecule has 2 aromatic heterocycles. The Kier molecular flexibility index (Phi) is 5.13. The Hall–Kier alpha value is -4.03. The summed E-state index contributed by atoms with van der Waals surface area (Å²) in [5.74, 6) is 1.15. The van der Waals surface area contributed by atoms with Crippen LogP contribution in [0.2, 0.25) is 5.02 Å². The van der Waals surface area contributed by atoms with E-state index in [1.165, 1.54) is 24.7 Å². The lowest BCUT2D eigenvalue weighted by Crippen LogP contribution is -2.05. The third-order valence-electron chi connectivity index (χ3n) is 4.95. The van der Waals surface area contributed by atoms with E-state index in [0.29, 0.717) is 44.5 Å². The Labute approximate surface area is 187 Å². The first-order valence-electron chi connectivity index (χ1n) is 9.75. The Balaban J connectivity index is 1.34. The van der Waals surface area contributed by atoms with Crippen molar-refractivity contribution in [3.05, 3.63) is 100 Å². The van der Waals surface area contributed by atoms with Crippen LogP contribution in [-0.4, -0.2) is 10.1 Å². The Morgan fingerprint density at radius 3 is 2.44 bits per heavy atom. The van der Waals surface area contributed by atoms with Gasteiger partial charge in [-0.3, -0.25) is 4.79 Å². The fourth-order valence-electron chi connectivity index (χ4n) is 3.29. The van der Waals surface area contributed by atoms with Gasteiger partial charge in [-0.1, -0.05) is 23.7 Å². The van der Waals surface area contributed by atoms with Crippen molar-refractivity contribution in [1.82, 2.24) is 4.98 Å². The van der Waals surface area contributed by atoms with E-state index in [4.69, 9.17) is 25.2 Å². The fraction of sp³-hybridized carbons (Fsp3) is 0.0400. The molecule has 0 radical (unpaired) electrons. The molecule has 6 nitrogen and oxygen atoms in total. The smallest absolute Gasteiger partial charge is 0.226 e. The summed E-state index contributed by atoms with van der Waals surface area (Å²) in [5, 5.41) is 10.5. The van der Waals surface area contributed by atoms with Crippen LogP contribution in [0, 0.1) is 0 Å². The van der Waals surface area contributed by atoms with E-state index in [1.54, 1.807) is 42.5 Å². The highest BCUT2D eigenvalue weighted by Gasteiger charge is 2.11. The van der Waals surface area contributed by atoms with Gasteiger partial charge < -0.3 is 18.7 Å². The number of benzene rings is 3. The molecule has 0 atom stereocenters. The van der Waals surface area contributed by atoms with Crippen molar-refractivity contribution < 1.29 is 18.7 Å². The number of phenolic OH excluding ortho intramolecular Hbond substituents is 1. The maximum Gasteiger partial charge on any atom is 0.226 e. The summed E-state index contributed by atoms with van der Waals surface area (Å²) in [5.41, 5.74) is 2.78. The van der Waals surface area contributed by atoms with E-state index < -0.39 is 0 Å². The zero-order valence-electron chi connectivity index (χ0n) is 16.6. The molecule has 2 heterocycles. The van der Waals surface area contributed by atoms with Crippen molar-refractivity contribution in [3.63, 3.8) is 0 Å². The first-order chi connectivity index (χ1) is 15.6. The van der Waals surface area contributed by atoms with Crippen LogP contribution in [0.4, 0.5) is 0 Å². The molecule has 0 saturated heterocycles. The maximum absolute atomic E-state index is 12.9. The lowest BCUT2D eigenvalue weighted by Gasteiger charge is -2.06. The molecule has 0 bridgehead atoms. The number of nitrogens with zero attached hydrogens (tertiary/aromatic N) is 1. The molecule has 158 valence electrons. The maximum atomic E-state index is 12.9. The zero-order chi connectivity index (χ0) is 22.1. The SMILES string of the molecule is O=c1c(-c2ccc(O)cc2)coc2cc(OCc3coc(-c4ccc(Cl)cc4)n3)ccc12. The molecule has 0 amide bonds. The molecule has 0 unspecified atom stereocenters. The summed E-state index contributed by atoms with van der Waals surface area (Å²) in [7, 11) is 0. The summed E-state index contributed by atoms with van der Waals surface area (Å²) < 4.78 is 17.0. The van der Waals surface area contributed by atoms with E-state index in [9.17, 15) is 9.90 Å². The Morgan fingerprint density at radius 1 is 0.906 bits per heavy atom. The van der Waals surface area contributed by atoms with Gasteiger partial charge in [0, 0.05) is 16.7 Å². The summed E-state index contributed by atoms with van der Waals surface area (Å²) in [6.45, 7) is 0.193. The number of phenols is 1. The molecule has 0 saturated carbocycles. The predicted molar refractivity (Wildman–Crippen MR) is 121 cm³/mol. The number of halogens is 1. The number of hydrogen-bond acceptors (Lipinski definition) is 6. The number of fused-ring (bicyclic) bond motifs is 1. The van der Waals surface area contributed by atoms with E-state index in [0.717, 1.165) is 5.56 Å². The van der Waals surface area contributed by atoms with Crippen molar-refractivity contribution >= 4 is 22.6 Å². The minimum Gasteiger partial charge on any atom is -0.508 e. The van der Waals surface area contributed by atoms with Gasteiger partial charge in [0.25, 0.3) is 0 Å². The van der Waals surface area contributed by atoms with Crippen LogP contribution in [0.3, 0.4) is 0 Å². The zero-order valence-corrected chi connectivity index (χ0v) is 17.4. The van der Waals surface area contributed by atoms with Gasteiger partial charge in [-0.2, -0.15) is 0 Å². The van der Waals surface area contributed by atoms with Crippen molar-refractivity contribution in [2.24, 2.45) is 0 Å². The van der Waals surface area contributed by atoms with E-state index in [-0.39, 0.29) is 17.8 Å². The Bertz CT molecular complexity index is 1450. The van der Waals surface area contributed by atoms with Gasteiger partial charge in [-0.25, -0.2) is 4.98 Å². The normalized spacial score (nSPS) is 11.0. The number of ether oxygens (including phenoxy) is 1. The van der Waals surface area contributed by atoms with Gasteiger partial charge in [0.05, 0.1) is 10.9 Å². The number of aromatic hydroxyl groups is 1. The molecular formula is C25H16ClNO5. The summed E-state index contributed by atoms with van der Waals surface area (Å²) in [6, 6.07) is 18.6. The highest BCUT2D eigenvalue weighted by Crippen LogP contribution is 2.25. The third kappa shape index (κ3) is 3.96. The molecule has 32 heavy (non-hydrogen) atoms. The average Bonchev–Trinajstić information content (AvgIpc) is 3.28. The van der Waals surface area contributed by atoms with E-state index >= 15 is 0 Å². The minimum atomic E-state index is -0.160. The van der Waals surface area contributed by atoms with Crippen LogP contribution in [0.5, 0.6) is 11.5 Å². The largest absolute Gasteiger partial charge is 0.508 e. The van der Waals surface area contributed by atoms with Crippen LogP contribution in [0.25, 0.3) is 33.6 Å². The fourth-order valence-corrected chi connectivity index (χ4v) is 3.42. The molecule has 0 aliphatic rings. The molecule has 1 N–H and O–H groups in total. The molecule has 7 heteroatoms. The number of hydrogen-bond donors (Lipinski definition) is 1. The van der Waals surface area contributed by atoms with Gasteiger partial charge in [0.2, 0.25) is 5.89 Å².